The van der Waals surface area contributed by atoms with Crippen molar-refractivity contribution in [2.45, 2.75) is 39.7 Å². The Balaban J connectivity index is 2.03. The van der Waals surface area contributed by atoms with Crippen molar-refractivity contribution >= 4 is 5.69 Å². The van der Waals surface area contributed by atoms with Crippen LogP contribution in [0.4, 0.5) is 5.69 Å². The van der Waals surface area contributed by atoms with E-state index in [1.54, 1.807) is 0 Å². The van der Waals surface area contributed by atoms with E-state index in [0.29, 0.717) is 0 Å². The molecule has 0 aliphatic carbocycles. The molecule has 1 aliphatic heterocycles. The molecule has 1 saturated heterocycles. The Bertz CT molecular complexity index is 376. The van der Waals surface area contributed by atoms with Crippen LogP contribution in [0.15, 0.2) is 24.3 Å². The molecule has 100 valence electrons. The van der Waals surface area contributed by atoms with Gasteiger partial charge in [0, 0.05) is 24.8 Å². The average Bonchev–Trinajstić information content (AvgIpc) is 2.39. The lowest BCUT2D eigenvalue weighted by atomic mass is 9.86. The fraction of sp³-hybridized carbons (Fsp3) is 0.625. The molecule has 1 aromatic rings. The Morgan fingerprint density at radius 1 is 1.17 bits per heavy atom. The maximum Gasteiger partial charge on any atom is 0.0369 e. The Hall–Kier alpha value is -1.02. The molecule has 2 N–H and O–H groups in total. The zero-order valence-corrected chi connectivity index (χ0v) is 11.9. The van der Waals surface area contributed by atoms with Crippen LogP contribution in [0.25, 0.3) is 0 Å². The maximum absolute atomic E-state index is 5.96. The summed E-state index contributed by atoms with van der Waals surface area (Å²) in [7, 11) is 0. The van der Waals surface area contributed by atoms with E-state index in [2.05, 4.69) is 43.0 Å². The minimum Gasteiger partial charge on any atom is -0.372 e. The Labute approximate surface area is 111 Å². The fourth-order valence-corrected chi connectivity index (χ4v) is 2.83. The van der Waals surface area contributed by atoms with Crippen molar-refractivity contribution < 1.29 is 0 Å². The molecule has 0 amide bonds. The van der Waals surface area contributed by atoms with Crippen molar-refractivity contribution in [3.05, 3.63) is 29.8 Å². The van der Waals surface area contributed by atoms with Crippen molar-refractivity contribution in [2.24, 2.45) is 17.6 Å². The van der Waals surface area contributed by atoms with Crippen LogP contribution in [-0.2, 0) is 0 Å². The summed E-state index contributed by atoms with van der Waals surface area (Å²) >= 11 is 0. The molecular weight excluding hydrogens is 220 g/mol. The normalized spacial score (nSPS) is 19.3. The molecular formula is C16H26N2. The van der Waals surface area contributed by atoms with E-state index in [9.17, 15) is 0 Å². The molecule has 1 atom stereocenters. The third-order valence-corrected chi connectivity index (χ3v) is 4.24. The second-order valence-electron chi connectivity index (χ2n) is 5.95. The monoisotopic (exact) mass is 246 g/mol. The summed E-state index contributed by atoms with van der Waals surface area (Å²) < 4.78 is 0. The van der Waals surface area contributed by atoms with Gasteiger partial charge in [-0.05, 0) is 49.3 Å². The van der Waals surface area contributed by atoms with Crippen LogP contribution in [0, 0.1) is 11.8 Å². The Kier molecular flexibility index (Phi) is 4.28. The summed E-state index contributed by atoms with van der Waals surface area (Å²) in [5, 5.41) is 0. The lowest BCUT2D eigenvalue weighted by Crippen LogP contribution is -2.35. The van der Waals surface area contributed by atoms with E-state index >= 15 is 0 Å². The number of benzene rings is 1. The number of anilines is 1. The molecule has 0 bridgehead atoms. The maximum atomic E-state index is 5.96. The smallest absolute Gasteiger partial charge is 0.0369 e. The van der Waals surface area contributed by atoms with Gasteiger partial charge in [0.05, 0.1) is 0 Å². The van der Waals surface area contributed by atoms with Gasteiger partial charge in [0.15, 0.2) is 0 Å². The predicted molar refractivity (Wildman–Crippen MR) is 78.8 cm³/mol. The van der Waals surface area contributed by atoms with Gasteiger partial charge >= 0.3 is 0 Å². The second-order valence-corrected chi connectivity index (χ2v) is 5.95. The summed E-state index contributed by atoms with van der Waals surface area (Å²) in [6.07, 6.45) is 2.64. The predicted octanol–water partition coefficient (Wildman–Crippen LogP) is 3.58. The van der Waals surface area contributed by atoms with Gasteiger partial charge in [-0.1, -0.05) is 26.0 Å². The van der Waals surface area contributed by atoms with E-state index in [1.807, 2.05) is 6.92 Å². The fourth-order valence-electron chi connectivity index (χ4n) is 2.83. The van der Waals surface area contributed by atoms with Crippen molar-refractivity contribution in [3.8, 4) is 0 Å². The average molecular weight is 246 g/mol. The highest BCUT2D eigenvalue weighted by molar-refractivity contribution is 5.49. The molecule has 2 heteroatoms. The van der Waals surface area contributed by atoms with Crippen molar-refractivity contribution in [1.82, 2.24) is 0 Å². The summed E-state index contributed by atoms with van der Waals surface area (Å²) in [5.41, 5.74) is 8.53. The van der Waals surface area contributed by atoms with Crippen LogP contribution in [0.1, 0.15) is 45.2 Å². The minimum atomic E-state index is 0.123. The molecule has 1 unspecified atom stereocenters. The molecule has 1 aliphatic rings. The van der Waals surface area contributed by atoms with Crippen LogP contribution < -0.4 is 10.6 Å². The molecule has 1 heterocycles. The minimum absolute atomic E-state index is 0.123. The molecule has 1 aromatic carbocycles. The van der Waals surface area contributed by atoms with Gasteiger partial charge in [0.25, 0.3) is 0 Å². The van der Waals surface area contributed by atoms with E-state index < -0.39 is 0 Å². The number of nitrogens with two attached hydrogens (primary N) is 1. The van der Waals surface area contributed by atoms with Gasteiger partial charge in [0.1, 0.15) is 0 Å². The first kappa shape index (κ1) is 13.4. The largest absolute Gasteiger partial charge is 0.372 e. The second kappa shape index (κ2) is 5.75. The van der Waals surface area contributed by atoms with Crippen LogP contribution in [0.2, 0.25) is 0 Å². The summed E-state index contributed by atoms with van der Waals surface area (Å²) in [6.45, 7) is 9.11. The number of piperidine rings is 1. The molecule has 2 nitrogen and oxygen atoms in total. The SMILES string of the molecule is CC(N)c1cccc(N2CCC(C(C)C)CC2)c1. The van der Waals surface area contributed by atoms with E-state index in [-0.39, 0.29) is 6.04 Å². The molecule has 1 fully saturated rings. The summed E-state index contributed by atoms with van der Waals surface area (Å²) in [6, 6.07) is 8.83. The lowest BCUT2D eigenvalue weighted by Gasteiger charge is -2.35. The standard InChI is InChI=1S/C16H26N2/c1-12(2)14-7-9-18(10-8-14)16-6-4-5-15(11-16)13(3)17/h4-6,11-14H,7-10,17H2,1-3H3. The molecule has 0 spiro atoms. The van der Waals surface area contributed by atoms with Crippen LogP contribution in [0.3, 0.4) is 0 Å². The van der Waals surface area contributed by atoms with Gasteiger partial charge in [0.2, 0.25) is 0 Å². The number of nitrogens with zero attached hydrogens (tertiary/aromatic N) is 1. The highest BCUT2D eigenvalue weighted by Crippen LogP contribution is 2.28. The summed E-state index contributed by atoms with van der Waals surface area (Å²) in [5.74, 6) is 1.72. The van der Waals surface area contributed by atoms with Crippen LogP contribution >= 0.6 is 0 Å². The third kappa shape index (κ3) is 3.05. The summed E-state index contributed by atoms with van der Waals surface area (Å²) in [4.78, 5) is 2.50. The number of rotatable bonds is 3. The van der Waals surface area contributed by atoms with Gasteiger partial charge in [-0.25, -0.2) is 0 Å². The van der Waals surface area contributed by atoms with E-state index in [4.69, 9.17) is 5.73 Å². The van der Waals surface area contributed by atoms with E-state index in [1.165, 1.54) is 37.2 Å². The number of hydrogen-bond acceptors (Lipinski definition) is 2. The zero-order valence-electron chi connectivity index (χ0n) is 11.9. The van der Waals surface area contributed by atoms with Crippen LogP contribution in [-0.4, -0.2) is 13.1 Å². The molecule has 0 radical (unpaired) electrons. The lowest BCUT2D eigenvalue weighted by molar-refractivity contribution is 0.311. The zero-order chi connectivity index (χ0) is 13.1. The molecule has 0 aromatic heterocycles. The Morgan fingerprint density at radius 2 is 1.83 bits per heavy atom. The van der Waals surface area contributed by atoms with Crippen molar-refractivity contribution in [2.75, 3.05) is 18.0 Å². The topological polar surface area (TPSA) is 29.3 Å². The van der Waals surface area contributed by atoms with Gasteiger partial charge in [-0.3, -0.25) is 0 Å². The third-order valence-electron chi connectivity index (χ3n) is 4.24. The number of hydrogen-bond donors (Lipinski definition) is 1. The van der Waals surface area contributed by atoms with E-state index in [0.717, 1.165) is 11.8 Å². The first-order chi connectivity index (χ1) is 8.58. The van der Waals surface area contributed by atoms with Crippen LogP contribution in [0.5, 0.6) is 0 Å². The Morgan fingerprint density at radius 3 is 2.39 bits per heavy atom. The van der Waals surface area contributed by atoms with Gasteiger partial charge in [-0.15, -0.1) is 0 Å². The molecule has 2 rings (SSSR count). The highest BCUT2D eigenvalue weighted by Gasteiger charge is 2.21. The first-order valence-electron chi connectivity index (χ1n) is 7.18. The molecule has 18 heavy (non-hydrogen) atoms. The first-order valence-corrected chi connectivity index (χ1v) is 7.18. The highest BCUT2D eigenvalue weighted by atomic mass is 15.1. The van der Waals surface area contributed by atoms with Gasteiger partial charge in [-0.2, -0.15) is 0 Å². The quantitative estimate of drug-likeness (QED) is 0.883. The van der Waals surface area contributed by atoms with Crippen molar-refractivity contribution in [3.63, 3.8) is 0 Å². The molecule has 0 saturated carbocycles. The van der Waals surface area contributed by atoms with Gasteiger partial charge < -0.3 is 10.6 Å². The van der Waals surface area contributed by atoms with Crippen molar-refractivity contribution in [1.29, 1.82) is 0 Å².